The van der Waals surface area contributed by atoms with Crippen LogP contribution >= 0.6 is 0 Å². The van der Waals surface area contributed by atoms with E-state index in [0.717, 1.165) is 42.6 Å². The highest BCUT2D eigenvalue weighted by Gasteiger charge is 2.17. The van der Waals surface area contributed by atoms with Crippen LogP contribution in [0.5, 0.6) is 0 Å². The van der Waals surface area contributed by atoms with Gasteiger partial charge in [0.25, 0.3) is 0 Å². The number of hydrogen-bond donors (Lipinski definition) is 2. The highest BCUT2D eigenvalue weighted by molar-refractivity contribution is 5.64. The van der Waals surface area contributed by atoms with E-state index in [1.807, 2.05) is 13.0 Å². The molecule has 2 N–H and O–H groups in total. The lowest BCUT2D eigenvalue weighted by Gasteiger charge is -2.34. The van der Waals surface area contributed by atoms with Gasteiger partial charge in [0.15, 0.2) is 0 Å². The van der Waals surface area contributed by atoms with Crippen molar-refractivity contribution in [1.29, 1.82) is 0 Å². The third-order valence-corrected chi connectivity index (χ3v) is 4.66. The third kappa shape index (κ3) is 4.12. The second-order valence-electron chi connectivity index (χ2n) is 7.12. The Morgan fingerprint density at radius 2 is 1.89 bits per heavy atom. The first kappa shape index (κ1) is 18.4. The van der Waals surface area contributed by atoms with Gasteiger partial charge >= 0.3 is 0 Å². The second kappa shape index (κ2) is 7.55. The van der Waals surface area contributed by atoms with Crippen LogP contribution in [0.4, 0.5) is 26.1 Å². The van der Waals surface area contributed by atoms with Gasteiger partial charge in [0, 0.05) is 44.5 Å². The molecule has 1 atom stereocenters. The first-order valence-corrected chi connectivity index (χ1v) is 9.21. The van der Waals surface area contributed by atoms with Gasteiger partial charge in [0.05, 0.1) is 5.69 Å². The minimum atomic E-state index is -0.659. The molecular weight excluding hydrogens is 362 g/mol. The summed E-state index contributed by atoms with van der Waals surface area (Å²) in [6.07, 6.45) is 1.42. The predicted molar refractivity (Wildman–Crippen MR) is 108 cm³/mol. The van der Waals surface area contributed by atoms with Crippen LogP contribution in [0.15, 0.2) is 42.7 Å². The molecule has 1 aliphatic rings. The molecule has 0 amide bonds. The normalized spacial score (nSPS) is 17.0. The van der Waals surface area contributed by atoms with E-state index in [-0.39, 0.29) is 7.11 Å². The zero-order chi connectivity index (χ0) is 19.7. The number of piperazine rings is 1. The Hall–Kier alpha value is -3.00. The van der Waals surface area contributed by atoms with Crippen LogP contribution in [-0.2, 0) is 0 Å². The molecule has 1 fully saturated rings. The topological polar surface area (TPSA) is 58.0 Å². The van der Waals surface area contributed by atoms with Crippen molar-refractivity contribution in [2.45, 2.75) is 19.9 Å². The van der Waals surface area contributed by atoms with E-state index < -0.39 is 11.6 Å². The lowest BCUT2D eigenvalue weighted by molar-refractivity contribution is 0.485. The fourth-order valence-electron chi connectivity index (χ4n) is 3.43. The summed E-state index contributed by atoms with van der Waals surface area (Å²) in [4.78, 5) is 6.55. The highest BCUT2D eigenvalue weighted by atomic mass is 19.1. The van der Waals surface area contributed by atoms with Crippen molar-refractivity contribution < 1.29 is 10.2 Å². The number of nitrogens with one attached hydrogen (secondary N) is 2. The molecular formula is C20H24F2N6. The lowest BCUT2D eigenvalue weighted by atomic mass is 10.1. The van der Waals surface area contributed by atoms with Crippen molar-refractivity contribution in [2.75, 3.05) is 29.9 Å². The number of hydrogen-bond acceptors (Lipinski definition) is 5. The van der Waals surface area contributed by atoms with Crippen LogP contribution in [0.25, 0.3) is 5.69 Å². The summed E-state index contributed by atoms with van der Waals surface area (Å²) < 4.78 is 28.2. The van der Waals surface area contributed by atoms with Gasteiger partial charge in [-0.05, 0) is 49.7 Å². The fourth-order valence-corrected chi connectivity index (χ4v) is 3.43. The van der Waals surface area contributed by atoms with Crippen molar-refractivity contribution in [2.24, 2.45) is 0 Å². The number of benzene rings is 2. The molecule has 2 aromatic carbocycles. The lowest BCUT2D eigenvalue weighted by Crippen LogP contribution is -2.49. The SMILES string of the molecule is Cc1cc(Nc2ncn(-c3cc(F)cc(F)c3)n2)cc(N2CCNC(C)C2)c1.[HH]. The summed E-state index contributed by atoms with van der Waals surface area (Å²) in [5.74, 6) is -0.961. The molecule has 0 radical (unpaired) electrons. The first-order chi connectivity index (χ1) is 13.5. The second-order valence-corrected chi connectivity index (χ2v) is 7.12. The summed E-state index contributed by atoms with van der Waals surface area (Å²) in [6, 6.07) is 9.91. The van der Waals surface area contributed by atoms with Crippen molar-refractivity contribution in [3.05, 3.63) is 59.9 Å². The minimum Gasteiger partial charge on any atom is -0.369 e. The average molecular weight is 386 g/mol. The maximum atomic E-state index is 13.4. The Balaban J connectivity index is 0.00000240. The highest BCUT2D eigenvalue weighted by Crippen LogP contribution is 2.25. The monoisotopic (exact) mass is 386 g/mol. The smallest absolute Gasteiger partial charge is 0.246 e. The van der Waals surface area contributed by atoms with Gasteiger partial charge in [0.1, 0.15) is 18.0 Å². The van der Waals surface area contributed by atoms with Gasteiger partial charge < -0.3 is 15.5 Å². The Morgan fingerprint density at radius 1 is 1.11 bits per heavy atom. The number of rotatable bonds is 4. The Labute approximate surface area is 163 Å². The molecule has 8 heteroatoms. The standard InChI is InChI=1S/C20H22F2N6.H2/c1-13-5-17(10-18(6-13)27-4-3-23-14(2)11-27)25-20-24-12-28(26-20)19-8-15(21)7-16(22)9-19;/h5-10,12,14,23H,3-4,11H2,1-2H3,(H,25,26);1H. The zero-order valence-electron chi connectivity index (χ0n) is 15.8. The van der Waals surface area contributed by atoms with E-state index in [1.54, 1.807) is 0 Å². The zero-order valence-corrected chi connectivity index (χ0v) is 15.8. The van der Waals surface area contributed by atoms with Crippen molar-refractivity contribution in [1.82, 2.24) is 20.1 Å². The molecule has 0 saturated carbocycles. The first-order valence-electron chi connectivity index (χ1n) is 9.21. The number of nitrogens with zero attached hydrogens (tertiary/aromatic N) is 4. The predicted octanol–water partition coefficient (Wildman–Crippen LogP) is 3.64. The molecule has 0 aliphatic carbocycles. The minimum absolute atomic E-state index is 0. The fraction of sp³-hybridized carbons (Fsp3) is 0.300. The van der Waals surface area contributed by atoms with Crippen molar-refractivity contribution >= 4 is 17.3 Å². The molecule has 148 valence electrons. The summed E-state index contributed by atoms with van der Waals surface area (Å²) in [6.45, 7) is 7.06. The third-order valence-electron chi connectivity index (χ3n) is 4.66. The maximum absolute atomic E-state index is 13.4. The van der Waals surface area contributed by atoms with Crippen LogP contribution in [0.1, 0.15) is 13.9 Å². The maximum Gasteiger partial charge on any atom is 0.246 e. The Morgan fingerprint density at radius 3 is 2.64 bits per heavy atom. The van der Waals surface area contributed by atoms with E-state index in [9.17, 15) is 8.78 Å². The van der Waals surface area contributed by atoms with Crippen molar-refractivity contribution in [3.63, 3.8) is 0 Å². The summed E-state index contributed by atoms with van der Waals surface area (Å²) in [5.41, 5.74) is 3.41. The van der Waals surface area contributed by atoms with E-state index in [0.29, 0.717) is 12.0 Å². The van der Waals surface area contributed by atoms with E-state index >= 15 is 0 Å². The van der Waals surface area contributed by atoms with Crippen LogP contribution in [-0.4, -0.2) is 40.4 Å². The summed E-state index contributed by atoms with van der Waals surface area (Å²) >= 11 is 0. The van der Waals surface area contributed by atoms with E-state index in [4.69, 9.17) is 0 Å². The molecule has 1 aliphatic heterocycles. The number of anilines is 3. The van der Waals surface area contributed by atoms with Gasteiger partial charge in [0.2, 0.25) is 5.95 Å². The van der Waals surface area contributed by atoms with Gasteiger partial charge in [-0.1, -0.05) is 0 Å². The molecule has 0 bridgehead atoms. The number of aryl methyl sites for hydroxylation is 1. The van der Waals surface area contributed by atoms with Gasteiger partial charge in [-0.3, -0.25) is 0 Å². The molecule has 2 heterocycles. The molecule has 0 spiro atoms. The van der Waals surface area contributed by atoms with Crippen LogP contribution < -0.4 is 15.5 Å². The molecule has 1 aromatic heterocycles. The van der Waals surface area contributed by atoms with Gasteiger partial charge in [-0.2, -0.15) is 4.98 Å². The van der Waals surface area contributed by atoms with Gasteiger partial charge in [-0.15, -0.1) is 5.10 Å². The number of aromatic nitrogens is 3. The largest absolute Gasteiger partial charge is 0.369 e. The summed E-state index contributed by atoms with van der Waals surface area (Å²) in [7, 11) is 0. The molecule has 4 rings (SSSR count). The van der Waals surface area contributed by atoms with Gasteiger partial charge in [-0.25, -0.2) is 13.5 Å². The molecule has 1 saturated heterocycles. The summed E-state index contributed by atoms with van der Waals surface area (Å²) in [5, 5.41) is 10.9. The quantitative estimate of drug-likeness (QED) is 0.717. The van der Waals surface area contributed by atoms with E-state index in [1.165, 1.54) is 23.1 Å². The van der Waals surface area contributed by atoms with Crippen LogP contribution in [0.3, 0.4) is 0 Å². The van der Waals surface area contributed by atoms with Crippen molar-refractivity contribution in [3.8, 4) is 5.69 Å². The molecule has 1 unspecified atom stereocenters. The molecule has 3 aromatic rings. The number of halogens is 2. The van der Waals surface area contributed by atoms with Crippen LogP contribution in [0.2, 0.25) is 0 Å². The Kier molecular flexibility index (Phi) is 4.95. The average Bonchev–Trinajstić information content (AvgIpc) is 3.09. The van der Waals surface area contributed by atoms with Crippen LogP contribution in [0, 0.1) is 18.6 Å². The Bertz CT molecular complexity index is 973. The molecule has 6 nitrogen and oxygen atoms in total. The molecule has 28 heavy (non-hydrogen) atoms. The van der Waals surface area contributed by atoms with E-state index in [2.05, 4.69) is 44.7 Å².